The topological polar surface area (TPSA) is 44.5 Å². The molecule has 0 unspecified atom stereocenters. The number of hydrogen-bond acceptors (Lipinski definition) is 4. The first-order chi connectivity index (χ1) is 9.24. The van der Waals surface area contributed by atoms with Crippen LogP contribution < -0.4 is 15.2 Å². The second kappa shape index (κ2) is 5.23. The highest BCUT2D eigenvalue weighted by molar-refractivity contribution is 7.99. The number of rotatable bonds is 2. The Labute approximate surface area is 120 Å². The summed E-state index contributed by atoms with van der Waals surface area (Å²) < 4.78 is 11.1. The Morgan fingerprint density at radius 1 is 1.05 bits per heavy atom. The van der Waals surface area contributed by atoms with Crippen LogP contribution in [0.4, 0.5) is 5.69 Å². The van der Waals surface area contributed by atoms with E-state index in [0.29, 0.717) is 23.9 Å². The molecule has 0 aliphatic carbocycles. The number of nitrogens with two attached hydrogens (primary N) is 1. The molecule has 0 atom stereocenters. The van der Waals surface area contributed by atoms with Crippen LogP contribution in [0.5, 0.6) is 11.5 Å². The maximum atomic E-state index is 6.17. The third kappa shape index (κ3) is 2.60. The lowest BCUT2D eigenvalue weighted by Crippen LogP contribution is -2.15. The van der Waals surface area contributed by atoms with Gasteiger partial charge in [-0.15, -0.1) is 0 Å². The molecule has 5 heteroatoms. The van der Waals surface area contributed by atoms with Gasteiger partial charge in [0.1, 0.15) is 13.2 Å². The number of halogens is 1. The molecule has 3 nitrogen and oxygen atoms in total. The Kier molecular flexibility index (Phi) is 3.44. The third-order valence-electron chi connectivity index (χ3n) is 2.73. The maximum absolute atomic E-state index is 6.17. The Hall–Kier alpha value is -1.52. The molecule has 0 radical (unpaired) electrons. The van der Waals surface area contributed by atoms with E-state index in [2.05, 4.69) is 0 Å². The predicted octanol–water partition coefficient (Wildman–Crippen LogP) is 3.84. The van der Waals surface area contributed by atoms with Crippen molar-refractivity contribution in [1.82, 2.24) is 0 Å². The summed E-state index contributed by atoms with van der Waals surface area (Å²) in [4.78, 5) is 1.88. The van der Waals surface area contributed by atoms with Crippen molar-refractivity contribution >= 4 is 29.1 Å². The van der Waals surface area contributed by atoms with Crippen LogP contribution in [0.15, 0.2) is 46.2 Å². The van der Waals surface area contributed by atoms with Crippen LogP contribution >= 0.6 is 23.4 Å². The van der Waals surface area contributed by atoms with E-state index in [9.17, 15) is 0 Å². The summed E-state index contributed by atoms with van der Waals surface area (Å²) in [7, 11) is 0. The molecule has 0 fully saturated rings. The van der Waals surface area contributed by atoms with Crippen LogP contribution in [0.1, 0.15) is 0 Å². The van der Waals surface area contributed by atoms with Crippen LogP contribution in [-0.2, 0) is 0 Å². The van der Waals surface area contributed by atoms with Gasteiger partial charge in [0.15, 0.2) is 11.5 Å². The molecule has 0 spiro atoms. The fraction of sp³-hybridized carbons (Fsp3) is 0.143. The van der Waals surface area contributed by atoms with Crippen LogP contribution in [0.25, 0.3) is 0 Å². The molecule has 0 saturated heterocycles. The van der Waals surface area contributed by atoms with Crippen molar-refractivity contribution in [3.63, 3.8) is 0 Å². The zero-order chi connectivity index (χ0) is 13.2. The van der Waals surface area contributed by atoms with Gasteiger partial charge in [-0.3, -0.25) is 0 Å². The Morgan fingerprint density at radius 2 is 1.84 bits per heavy atom. The summed E-state index contributed by atoms with van der Waals surface area (Å²) in [6.07, 6.45) is 0. The van der Waals surface area contributed by atoms with Crippen molar-refractivity contribution in [2.24, 2.45) is 0 Å². The average Bonchev–Trinajstić information content (AvgIpc) is 2.43. The summed E-state index contributed by atoms with van der Waals surface area (Å²) in [5.41, 5.74) is 6.62. The summed E-state index contributed by atoms with van der Waals surface area (Å²) in [6, 6.07) is 11.3. The van der Waals surface area contributed by atoms with Crippen molar-refractivity contribution in [3.8, 4) is 11.5 Å². The van der Waals surface area contributed by atoms with E-state index in [4.69, 9.17) is 26.8 Å². The van der Waals surface area contributed by atoms with Crippen molar-refractivity contribution in [2.75, 3.05) is 18.9 Å². The molecule has 0 aromatic heterocycles. The number of nitrogen functional groups attached to an aromatic ring is 1. The molecule has 1 aliphatic heterocycles. The molecule has 2 N–H and O–H groups in total. The molecule has 0 amide bonds. The first-order valence-electron chi connectivity index (χ1n) is 5.85. The van der Waals surface area contributed by atoms with Crippen molar-refractivity contribution in [1.29, 1.82) is 0 Å². The first kappa shape index (κ1) is 12.5. The molecule has 19 heavy (non-hydrogen) atoms. The molecule has 2 aromatic carbocycles. The maximum Gasteiger partial charge on any atom is 0.162 e. The Morgan fingerprint density at radius 3 is 2.63 bits per heavy atom. The lowest BCUT2D eigenvalue weighted by Gasteiger charge is -2.19. The predicted molar refractivity (Wildman–Crippen MR) is 77.4 cm³/mol. The van der Waals surface area contributed by atoms with Gasteiger partial charge < -0.3 is 15.2 Å². The number of hydrogen-bond donors (Lipinski definition) is 1. The Bertz CT molecular complexity index is 598. The van der Waals surface area contributed by atoms with Crippen LogP contribution in [0, 0.1) is 0 Å². The van der Waals surface area contributed by atoms with Crippen LogP contribution in [-0.4, -0.2) is 13.2 Å². The van der Waals surface area contributed by atoms with Gasteiger partial charge in [-0.05, 0) is 30.3 Å². The normalized spacial score (nSPS) is 13.3. The molecule has 0 bridgehead atoms. The van der Waals surface area contributed by atoms with Crippen LogP contribution in [0.3, 0.4) is 0 Å². The summed E-state index contributed by atoms with van der Waals surface area (Å²) in [6.45, 7) is 1.17. The van der Waals surface area contributed by atoms with E-state index >= 15 is 0 Å². The second-order valence-corrected chi connectivity index (χ2v) is 5.56. The fourth-order valence-electron chi connectivity index (χ4n) is 1.84. The number of anilines is 1. The van der Waals surface area contributed by atoms with Crippen LogP contribution in [0.2, 0.25) is 5.02 Å². The zero-order valence-electron chi connectivity index (χ0n) is 10.1. The molecule has 0 saturated carbocycles. The SMILES string of the molecule is Nc1cccc(Cl)c1Sc1ccc2c(c1)OCCO2. The monoisotopic (exact) mass is 293 g/mol. The largest absolute Gasteiger partial charge is 0.486 e. The van der Waals surface area contributed by atoms with Gasteiger partial charge in [0.05, 0.1) is 9.92 Å². The fourth-order valence-corrected chi connectivity index (χ4v) is 3.02. The molecular weight excluding hydrogens is 282 g/mol. The molecule has 2 aromatic rings. The minimum absolute atomic E-state index is 0.579. The van der Waals surface area contributed by atoms with E-state index < -0.39 is 0 Å². The van der Waals surface area contributed by atoms with Crippen molar-refractivity contribution < 1.29 is 9.47 Å². The van der Waals surface area contributed by atoms with Gasteiger partial charge in [-0.25, -0.2) is 0 Å². The summed E-state index contributed by atoms with van der Waals surface area (Å²) in [5.74, 6) is 1.55. The van der Waals surface area contributed by atoms with E-state index in [0.717, 1.165) is 21.3 Å². The molecule has 1 heterocycles. The Balaban J connectivity index is 1.91. The highest BCUT2D eigenvalue weighted by Crippen LogP contribution is 2.41. The minimum atomic E-state index is 0.579. The zero-order valence-corrected chi connectivity index (χ0v) is 11.6. The van der Waals surface area contributed by atoms with E-state index in [-0.39, 0.29) is 0 Å². The first-order valence-corrected chi connectivity index (χ1v) is 7.05. The minimum Gasteiger partial charge on any atom is -0.486 e. The van der Waals surface area contributed by atoms with Gasteiger partial charge in [-0.2, -0.15) is 0 Å². The van der Waals surface area contributed by atoms with Crippen molar-refractivity contribution in [3.05, 3.63) is 41.4 Å². The number of benzene rings is 2. The number of ether oxygens (including phenoxy) is 2. The van der Waals surface area contributed by atoms with Gasteiger partial charge in [0, 0.05) is 10.6 Å². The third-order valence-corrected chi connectivity index (χ3v) is 4.31. The smallest absolute Gasteiger partial charge is 0.162 e. The highest BCUT2D eigenvalue weighted by atomic mass is 35.5. The standard InChI is InChI=1S/C14H12ClNO2S/c15-10-2-1-3-11(16)14(10)19-9-4-5-12-13(8-9)18-7-6-17-12/h1-5,8H,6-7,16H2. The average molecular weight is 294 g/mol. The lowest BCUT2D eigenvalue weighted by molar-refractivity contribution is 0.171. The quantitative estimate of drug-likeness (QED) is 0.854. The van der Waals surface area contributed by atoms with Gasteiger partial charge >= 0.3 is 0 Å². The summed E-state index contributed by atoms with van der Waals surface area (Å²) >= 11 is 7.69. The molecular formula is C14H12ClNO2S. The van der Waals surface area contributed by atoms with E-state index in [1.807, 2.05) is 36.4 Å². The lowest BCUT2D eigenvalue weighted by atomic mass is 10.3. The summed E-state index contributed by atoms with van der Waals surface area (Å²) in [5, 5.41) is 0.653. The second-order valence-electron chi connectivity index (χ2n) is 4.07. The highest BCUT2D eigenvalue weighted by Gasteiger charge is 2.13. The van der Waals surface area contributed by atoms with E-state index in [1.54, 1.807) is 0 Å². The van der Waals surface area contributed by atoms with Crippen molar-refractivity contribution in [2.45, 2.75) is 9.79 Å². The van der Waals surface area contributed by atoms with Gasteiger partial charge in [0.25, 0.3) is 0 Å². The molecule has 1 aliphatic rings. The molecule has 3 rings (SSSR count). The van der Waals surface area contributed by atoms with E-state index in [1.165, 1.54) is 11.8 Å². The number of fused-ring (bicyclic) bond motifs is 1. The molecule has 98 valence electrons. The van der Waals surface area contributed by atoms with Gasteiger partial charge in [0.2, 0.25) is 0 Å². The van der Waals surface area contributed by atoms with Gasteiger partial charge in [-0.1, -0.05) is 29.4 Å².